The second-order valence-corrected chi connectivity index (χ2v) is 3.18. The van der Waals surface area contributed by atoms with Gasteiger partial charge in [-0.3, -0.25) is 0 Å². The summed E-state index contributed by atoms with van der Waals surface area (Å²) in [7, 11) is 3.87. The van der Waals surface area contributed by atoms with Crippen molar-refractivity contribution in [2.45, 2.75) is 20.3 Å². The zero-order valence-corrected chi connectivity index (χ0v) is 8.76. The maximum absolute atomic E-state index is 4.99. The van der Waals surface area contributed by atoms with Gasteiger partial charge in [0.25, 0.3) is 0 Å². The van der Waals surface area contributed by atoms with Gasteiger partial charge in [-0.25, -0.2) is 0 Å². The molecule has 0 aromatic heterocycles. The van der Waals surface area contributed by atoms with Crippen LogP contribution in [-0.2, 0) is 4.74 Å². The quantitative estimate of drug-likeness (QED) is 0.566. The Bertz CT molecular complexity index is 132. The smallest absolute Gasteiger partial charge is 0.0589 e. The maximum atomic E-state index is 4.99. The summed E-state index contributed by atoms with van der Waals surface area (Å²) in [6, 6.07) is 0. The summed E-state index contributed by atoms with van der Waals surface area (Å²) in [5.41, 5.74) is 1.46. The fourth-order valence-electron chi connectivity index (χ4n) is 0.870. The number of allylic oxidation sites excluding steroid dienone is 1. The second kappa shape index (κ2) is 7.32. The van der Waals surface area contributed by atoms with Crippen LogP contribution in [0.5, 0.6) is 0 Å². The van der Waals surface area contributed by atoms with Crippen molar-refractivity contribution in [3.8, 4) is 0 Å². The van der Waals surface area contributed by atoms with Gasteiger partial charge in [0.05, 0.1) is 6.61 Å². The number of methoxy groups -OCH3 is 1. The standard InChI is InChI=1S/C10H21NO/c1-5-10(2)6-7-11(3)8-9-12-4/h5H,6-9H2,1-4H3/b10-5-. The first-order valence-corrected chi connectivity index (χ1v) is 4.50. The number of hydrogen-bond donors (Lipinski definition) is 0. The topological polar surface area (TPSA) is 12.5 Å². The first kappa shape index (κ1) is 11.7. The third kappa shape index (κ3) is 6.38. The van der Waals surface area contributed by atoms with Crippen molar-refractivity contribution in [1.29, 1.82) is 0 Å². The molecule has 0 aliphatic rings. The van der Waals surface area contributed by atoms with Crippen LogP contribution in [0.2, 0.25) is 0 Å². The number of hydrogen-bond acceptors (Lipinski definition) is 2. The van der Waals surface area contributed by atoms with Gasteiger partial charge >= 0.3 is 0 Å². The fourth-order valence-corrected chi connectivity index (χ4v) is 0.870. The number of ether oxygens (including phenoxy) is 1. The van der Waals surface area contributed by atoms with Gasteiger partial charge in [-0.2, -0.15) is 0 Å². The average molecular weight is 171 g/mol. The van der Waals surface area contributed by atoms with Gasteiger partial charge in [-0.05, 0) is 27.3 Å². The van der Waals surface area contributed by atoms with Crippen molar-refractivity contribution >= 4 is 0 Å². The molecule has 0 saturated carbocycles. The molecule has 0 unspecified atom stereocenters. The van der Waals surface area contributed by atoms with Gasteiger partial charge in [0, 0.05) is 20.2 Å². The predicted octanol–water partition coefficient (Wildman–Crippen LogP) is 1.92. The zero-order valence-electron chi connectivity index (χ0n) is 8.76. The summed E-state index contributed by atoms with van der Waals surface area (Å²) in [6.07, 6.45) is 3.33. The first-order chi connectivity index (χ1) is 5.70. The molecule has 0 spiro atoms. The molecule has 0 aromatic carbocycles. The first-order valence-electron chi connectivity index (χ1n) is 4.50. The monoisotopic (exact) mass is 171 g/mol. The van der Waals surface area contributed by atoms with E-state index in [9.17, 15) is 0 Å². The fraction of sp³-hybridized carbons (Fsp3) is 0.800. The van der Waals surface area contributed by atoms with E-state index in [-0.39, 0.29) is 0 Å². The lowest BCUT2D eigenvalue weighted by Crippen LogP contribution is -2.24. The van der Waals surface area contributed by atoms with Crippen molar-refractivity contribution < 1.29 is 4.74 Å². The van der Waals surface area contributed by atoms with E-state index in [1.54, 1.807) is 7.11 Å². The summed E-state index contributed by atoms with van der Waals surface area (Å²) < 4.78 is 4.99. The molecule has 0 fully saturated rings. The van der Waals surface area contributed by atoms with Crippen molar-refractivity contribution in [2.75, 3.05) is 33.9 Å². The minimum absolute atomic E-state index is 0.825. The van der Waals surface area contributed by atoms with Gasteiger partial charge in [0.15, 0.2) is 0 Å². The molecule has 12 heavy (non-hydrogen) atoms. The Morgan fingerprint density at radius 3 is 2.58 bits per heavy atom. The Hall–Kier alpha value is -0.340. The lowest BCUT2D eigenvalue weighted by molar-refractivity contribution is 0.162. The van der Waals surface area contributed by atoms with Gasteiger partial charge in [-0.15, -0.1) is 0 Å². The molecule has 0 amide bonds. The normalized spacial score (nSPS) is 12.6. The van der Waals surface area contributed by atoms with Gasteiger partial charge in [-0.1, -0.05) is 11.6 Å². The molecule has 0 bridgehead atoms. The van der Waals surface area contributed by atoms with Crippen molar-refractivity contribution in [3.05, 3.63) is 11.6 Å². The van der Waals surface area contributed by atoms with E-state index in [1.165, 1.54) is 5.57 Å². The van der Waals surface area contributed by atoms with Crippen LogP contribution in [0.15, 0.2) is 11.6 Å². The highest BCUT2D eigenvalue weighted by atomic mass is 16.5. The van der Waals surface area contributed by atoms with Crippen LogP contribution in [0.25, 0.3) is 0 Å². The SMILES string of the molecule is C/C=C(/C)CCN(C)CCOC. The van der Waals surface area contributed by atoms with Gasteiger partial charge in [0.1, 0.15) is 0 Å². The molecule has 0 radical (unpaired) electrons. The lowest BCUT2D eigenvalue weighted by atomic mass is 10.2. The number of rotatable bonds is 6. The molecule has 0 N–H and O–H groups in total. The van der Waals surface area contributed by atoms with E-state index < -0.39 is 0 Å². The highest BCUT2D eigenvalue weighted by molar-refractivity contribution is 4.95. The molecule has 0 atom stereocenters. The zero-order chi connectivity index (χ0) is 9.40. The Morgan fingerprint density at radius 2 is 2.08 bits per heavy atom. The van der Waals surface area contributed by atoms with Crippen LogP contribution in [0.4, 0.5) is 0 Å². The Morgan fingerprint density at radius 1 is 1.42 bits per heavy atom. The molecular weight excluding hydrogens is 150 g/mol. The molecule has 0 aliphatic carbocycles. The molecule has 2 nitrogen and oxygen atoms in total. The Balaban J connectivity index is 3.37. The minimum Gasteiger partial charge on any atom is -0.383 e. The molecule has 0 heterocycles. The van der Waals surface area contributed by atoms with Crippen molar-refractivity contribution in [2.24, 2.45) is 0 Å². The molecule has 0 aromatic rings. The van der Waals surface area contributed by atoms with Crippen LogP contribution in [0.1, 0.15) is 20.3 Å². The van der Waals surface area contributed by atoms with Crippen LogP contribution in [0.3, 0.4) is 0 Å². The van der Waals surface area contributed by atoms with E-state index >= 15 is 0 Å². The molecule has 2 heteroatoms. The summed E-state index contributed by atoms with van der Waals surface area (Å²) in [5.74, 6) is 0. The minimum atomic E-state index is 0.825. The van der Waals surface area contributed by atoms with Crippen LogP contribution < -0.4 is 0 Å². The summed E-state index contributed by atoms with van der Waals surface area (Å²) in [6.45, 7) is 7.23. The third-order valence-corrected chi connectivity index (χ3v) is 2.06. The number of nitrogens with zero attached hydrogens (tertiary/aromatic N) is 1. The Kier molecular flexibility index (Phi) is 7.11. The Labute approximate surface area is 76.2 Å². The largest absolute Gasteiger partial charge is 0.383 e. The van der Waals surface area contributed by atoms with Crippen LogP contribution in [-0.4, -0.2) is 38.8 Å². The second-order valence-electron chi connectivity index (χ2n) is 3.18. The molecule has 72 valence electrons. The highest BCUT2D eigenvalue weighted by Gasteiger charge is 1.96. The molecular formula is C10H21NO. The lowest BCUT2D eigenvalue weighted by Gasteiger charge is -2.15. The van der Waals surface area contributed by atoms with Crippen molar-refractivity contribution in [1.82, 2.24) is 4.90 Å². The summed E-state index contributed by atoms with van der Waals surface area (Å²) in [4.78, 5) is 2.29. The van der Waals surface area contributed by atoms with Gasteiger partial charge < -0.3 is 9.64 Å². The molecule has 0 rings (SSSR count). The van der Waals surface area contributed by atoms with E-state index in [2.05, 4.69) is 31.9 Å². The van der Waals surface area contributed by atoms with E-state index in [4.69, 9.17) is 4.74 Å². The van der Waals surface area contributed by atoms with Crippen molar-refractivity contribution in [3.63, 3.8) is 0 Å². The maximum Gasteiger partial charge on any atom is 0.0589 e. The average Bonchev–Trinajstić information content (AvgIpc) is 2.10. The van der Waals surface area contributed by atoms with Crippen LogP contribution in [0, 0.1) is 0 Å². The highest BCUT2D eigenvalue weighted by Crippen LogP contribution is 1.99. The summed E-state index contributed by atoms with van der Waals surface area (Å²) >= 11 is 0. The number of likely N-dealkylation sites (N-methyl/N-ethyl adjacent to an activating group) is 1. The van der Waals surface area contributed by atoms with Crippen LogP contribution >= 0.6 is 0 Å². The predicted molar refractivity (Wildman–Crippen MR) is 53.4 cm³/mol. The van der Waals surface area contributed by atoms with E-state index in [0.29, 0.717) is 0 Å². The van der Waals surface area contributed by atoms with E-state index in [1.807, 2.05) is 0 Å². The van der Waals surface area contributed by atoms with Gasteiger partial charge in [0.2, 0.25) is 0 Å². The van der Waals surface area contributed by atoms with E-state index in [0.717, 1.165) is 26.1 Å². The molecule has 0 saturated heterocycles. The third-order valence-electron chi connectivity index (χ3n) is 2.06. The summed E-state index contributed by atoms with van der Waals surface area (Å²) in [5, 5.41) is 0. The molecule has 0 aliphatic heterocycles.